The lowest BCUT2D eigenvalue weighted by Crippen LogP contribution is -2.56. The van der Waals surface area contributed by atoms with E-state index in [1.807, 2.05) is 0 Å². The van der Waals surface area contributed by atoms with Crippen LogP contribution < -0.4 is 0 Å². The molecule has 0 saturated carbocycles. The Labute approximate surface area is 86.5 Å². The molecule has 1 saturated heterocycles. The molecule has 1 rings (SSSR count). The predicted molar refractivity (Wildman–Crippen MR) is 46.8 cm³/mol. The Kier molecular flexibility index (Phi) is 4.87. The highest BCUT2D eigenvalue weighted by molar-refractivity contribution is 4.88. The second-order valence-corrected chi connectivity index (χ2v) is 3.37. The molecule has 7 heteroatoms. The predicted octanol–water partition coefficient (Wildman–Crippen LogP) is -3.20. The highest BCUT2D eigenvalue weighted by Crippen LogP contribution is 2.19. The van der Waals surface area contributed by atoms with Crippen molar-refractivity contribution in [2.45, 2.75) is 30.5 Å². The average molecular weight is 224 g/mol. The highest BCUT2D eigenvalue weighted by atomic mass is 16.7. The van der Waals surface area contributed by atoms with E-state index in [0.717, 1.165) is 0 Å². The Balaban J connectivity index is 2.62. The fraction of sp³-hybridized carbons (Fsp3) is 1.00. The Hall–Kier alpha value is -0.280. The van der Waals surface area contributed by atoms with E-state index < -0.39 is 43.7 Å². The van der Waals surface area contributed by atoms with Crippen LogP contribution in [0.2, 0.25) is 0 Å². The molecular weight excluding hydrogens is 208 g/mol. The SMILES string of the molecule is OC[C@@H](O)[C@@H]1OCO[C@@H]([C@H](O)CO)C1O. The molecule has 0 unspecified atom stereocenters. The molecule has 1 heterocycles. The first kappa shape index (κ1) is 12.8. The molecule has 0 bridgehead atoms. The van der Waals surface area contributed by atoms with Gasteiger partial charge in [-0.1, -0.05) is 0 Å². The maximum atomic E-state index is 9.64. The number of hydrogen-bond acceptors (Lipinski definition) is 7. The van der Waals surface area contributed by atoms with Crippen molar-refractivity contribution in [3.8, 4) is 0 Å². The molecule has 1 fully saturated rings. The summed E-state index contributed by atoms with van der Waals surface area (Å²) < 4.78 is 9.79. The van der Waals surface area contributed by atoms with E-state index in [4.69, 9.17) is 19.7 Å². The molecule has 1 aliphatic heterocycles. The largest absolute Gasteiger partial charge is 0.394 e. The quantitative estimate of drug-likeness (QED) is 0.341. The van der Waals surface area contributed by atoms with Crippen LogP contribution in [-0.2, 0) is 9.47 Å². The first-order chi connectivity index (χ1) is 7.11. The Bertz CT molecular complexity index is 170. The standard InChI is InChI=1S/C8H16O7/c9-1-4(11)7-6(13)8(5(12)2-10)15-3-14-7/h4-13H,1-3H2/t4-,5-,7+,8+/m1/s1. The van der Waals surface area contributed by atoms with Gasteiger partial charge in [-0.2, -0.15) is 0 Å². The van der Waals surface area contributed by atoms with E-state index in [9.17, 15) is 15.3 Å². The first-order valence-corrected chi connectivity index (χ1v) is 4.61. The normalized spacial score (nSPS) is 32.6. The molecule has 0 aromatic heterocycles. The summed E-state index contributed by atoms with van der Waals surface area (Å²) in [6, 6.07) is 0. The number of rotatable bonds is 4. The highest BCUT2D eigenvalue weighted by Gasteiger charge is 2.40. The average Bonchev–Trinajstić information content (AvgIpc) is 2.27. The maximum Gasteiger partial charge on any atom is 0.148 e. The zero-order valence-electron chi connectivity index (χ0n) is 8.06. The van der Waals surface area contributed by atoms with Gasteiger partial charge in [0, 0.05) is 0 Å². The van der Waals surface area contributed by atoms with Crippen LogP contribution in [0, 0.1) is 0 Å². The van der Waals surface area contributed by atoms with Gasteiger partial charge in [0.15, 0.2) is 0 Å². The van der Waals surface area contributed by atoms with Gasteiger partial charge in [0.2, 0.25) is 0 Å². The summed E-state index contributed by atoms with van der Waals surface area (Å²) in [5, 5.41) is 45.6. The summed E-state index contributed by atoms with van der Waals surface area (Å²) >= 11 is 0. The third-order valence-corrected chi connectivity index (χ3v) is 2.33. The summed E-state index contributed by atoms with van der Waals surface area (Å²) in [6.07, 6.45) is -5.87. The monoisotopic (exact) mass is 224 g/mol. The van der Waals surface area contributed by atoms with Gasteiger partial charge in [-0.25, -0.2) is 0 Å². The van der Waals surface area contributed by atoms with Crippen LogP contribution in [0.3, 0.4) is 0 Å². The van der Waals surface area contributed by atoms with Crippen molar-refractivity contribution < 1.29 is 35.0 Å². The van der Waals surface area contributed by atoms with Gasteiger partial charge >= 0.3 is 0 Å². The lowest BCUT2D eigenvalue weighted by Gasteiger charge is -2.38. The summed E-state index contributed by atoms with van der Waals surface area (Å²) in [4.78, 5) is 0. The first-order valence-electron chi connectivity index (χ1n) is 4.61. The van der Waals surface area contributed by atoms with Crippen molar-refractivity contribution in [3.63, 3.8) is 0 Å². The Morgan fingerprint density at radius 1 is 1.00 bits per heavy atom. The van der Waals surface area contributed by atoms with Gasteiger partial charge < -0.3 is 35.0 Å². The fourth-order valence-electron chi connectivity index (χ4n) is 1.47. The van der Waals surface area contributed by atoms with E-state index in [0.29, 0.717) is 0 Å². The number of ether oxygens (including phenoxy) is 2. The minimum absolute atomic E-state index is 0.222. The second-order valence-electron chi connectivity index (χ2n) is 3.37. The van der Waals surface area contributed by atoms with E-state index in [1.54, 1.807) is 0 Å². The molecule has 0 aromatic rings. The van der Waals surface area contributed by atoms with Crippen molar-refractivity contribution in [1.29, 1.82) is 0 Å². The third kappa shape index (κ3) is 2.85. The lowest BCUT2D eigenvalue weighted by atomic mass is 9.98. The van der Waals surface area contributed by atoms with Crippen LogP contribution in [0.15, 0.2) is 0 Å². The van der Waals surface area contributed by atoms with E-state index >= 15 is 0 Å². The molecule has 90 valence electrons. The van der Waals surface area contributed by atoms with Crippen molar-refractivity contribution in [3.05, 3.63) is 0 Å². The minimum atomic E-state index is -1.30. The molecule has 0 radical (unpaired) electrons. The van der Waals surface area contributed by atoms with Crippen LogP contribution in [0.5, 0.6) is 0 Å². The third-order valence-electron chi connectivity index (χ3n) is 2.33. The number of hydrogen-bond donors (Lipinski definition) is 5. The van der Waals surface area contributed by atoms with Gasteiger partial charge in [0.1, 0.15) is 37.3 Å². The van der Waals surface area contributed by atoms with E-state index in [2.05, 4.69) is 0 Å². The molecule has 15 heavy (non-hydrogen) atoms. The molecular formula is C8H16O7. The van der Waals surface area contributed by atoms with E-state index in [1.165, 1.54) is 0 Å². The van der Waals surface area contributed by atoms with Gasteiger partial charge in [0.25, 0.3) is 0 Å². The fourth-order valence-corrected chi connectivity index (χ4v) is 1.47. The molecule has 0 amide bonds. The zero-order chi connectivity index (χ0) is 11.4. The Morgan fingerprint density at radius 2 is 1.40 bits per heavy atom. The van der Waals surface area contributed by atoms with Crippen LogP contribution in [-0.4, -0.2) is 76.1 Å². The molecule has 5 N–H and O–H groups in total. The van der Waals surface area contributed by atoms with Crippen LogP contribution >= 0.6 is 0 Å². The van der Waals surface area contributed by atoms with Crippen molar-refractivity contribution in [1.82, 2.24) is 0 Å². The van der Waals surface area contributed by atoms with Crippen molar-refractivity contribution in [2.75, 3.05) is 20.0 Å². The Morgan fingerprint density at radius 3 is 1.73 bits per heavy atom. The van der Waals surface area contributed by atoms with Crippen LogP contribution in [0.4, 0.5) is 0 Å². The van der Waals surface area contributed by atoms with Crippen molar-refractivity contribution >= 4 is 0 Å². The molecule has 1 aliphatic rings. The summed E-state index contributed by atoms with van der Waals surface area (Å²) in [5.41, 5.74) is 0. The van der Waals surface area contributed by atoms with Crippen molar-refractivity contribution in [2.24, 2.45) is 0 Å². The lowest BCUT2D eigenvalue weighted by molar-refractivity contribution is -0.273. The zero-order valence-corrected chi connectivity index (χ0v) is 8.06. The van der Waals surface area contributed by atoms with Gasteiger partial charge in [-0.15, -0.1) is 0 Å². The summed E-state index contributed by atoms with van der Waals surface area (Å²) in [7, 11) is 0. The summed E-state index contributed by atoms with van der Waals surface area (Å²) in [5.74, 6) is 0. The van der Waals surface area contributed by atoms with Crippen LogP contribution in [0.25, 0.3) is 0 Å². The molecule has 7 nitrogen and oxygen atoms in total. The topological polar surface area (TPSA) is 120 Å². The van der Waals surface area contributed by atoms with Gasteiger partial charge in [0.05, 0.1) is 13.2 Å². The number of aliphatic hydroxyl groups excluding tert-OH is 5. The van der Waals surface area contributed by atoms with E-state index in [-0.39, 0.29) is 6.79 Å². The number of aliphatic hydroxyl groups is 5. The molecule has 0 aliphatic carbocycles. The van der Waals surface area contributed by atoms with Gasteiger partial charge in [-0.3, -0.25) is 0 Å². The summed E-state index contributed by atoms with van der Waals surface area (Å²) in [6.45, 7) is -1.35. The van der Waals surface area contributed by atoms with Gasteiger partial charge in [-0.05, 0) is 0 Å². The minimum Gasteiger partial charge on any atom is -0.394 e. The molecule has 0 spiro atoms. The maximum absolute atomic E-state index is 9.64. The van der Waals surface area contributed by atoms with Crippen LogP contribution in [0.1, 0.15) is 0 Å². The molecule has 4 atom stereocenters. The molecule has 0 aromatic carbocycles. The smallest absolute Gasteiger partial charge is 0.148 e. The second kappa shape index (κ2) is 5.71.